The Bertz CT molecular complexity index is 358. The van der Waals surface area contributed by atoms with Crippen molar-refractivity contribution in [3.8, 4) is 0 Å². The topological polar surface area (TPSA) is 75.8 Å². The summed E-state index contributed by atoms with van der Waals surface area (Å²) in [5.74, 6) is 0.934. The Hall–Kier alpha value is -0.780. The van der Waals surface area contributed by atoms with Crippen molar-refractivity contribution in [2.75, 3.05) is 24.6 Å². The Morgan fingerprint density at radius 1 is 1.19 bits per heavy atom. The van der Waals surface area contributed by atoms with Crippen LogP contribution in [0.1, 0.15) is 25.7 Å². The third-order valence-electron chi connectivity index (χ3n) is 3.31. The smallest absolute Gasteiger partial charge is 0.191 e. The standard InChI is InChI=1S/C10H19N3O2S/c11-10(12-9-3-1-2-4-9)13-5-7-16(14,15)8-6-13/h9H,1-8H2,(H2,11,12). The number of nitrogens with two attached hydrogens (primary N) is 1. The first-order valence-electron chi connectivity index (χ1n) is 5.85. The second-order valence-electron chi connectivity index (χ2n) is 4.56. The van der Waals surface area contributed by atoms with Crippen LogP contribution in [0.15, 0.2) is 4.99 Å². The number of guanidine groups is 1. The molecule has 0 atom stereocenters. The first-order valence-corrected chi connectivity index (χ1v) is 7.68. The first kappa shape index (κ1) is 11.7. The summed E-state index contributed by atoms with van der Waals surface area (Å²) in [5, 5.41) is 0. The molecule has 16 heavy (non-hydrogen) atoms. The van der Waals surface area contributed by atoms with E-state index in [4.69, 9.17) is 5.73 Å². The van der Waals surface area contributed by atoms with Crippen molar-refractivity contribution >= 4 is 15.8 Å². The molecule has 2 aliphatic rings. The summed E-state index contributed by atoms with van der Waals surface area (Å²) in [4.78, 5) is 6.36. The number of sulfone groups is 1. The molecule has 2 fully saturated rings. The summed E-state index contributed by atoms with van der Waals surface area (Å²) in [6, 6.07) is 0.360. The van der Waals surface area contributed by atoms with E-state index >= 15 is 0 Å². The molecule has 1 heterocycles. The van der Waals surface area contributed by atoms with Gasteiger partial charge < -0.3 is 10.6 Å². The van der Waals surface area contributed by atoms with Gasteiger partial charge in [0.05, 0.1) is 17.5 Å². The van der Waals surface area contributed by atoms with Crippen LogP contribution in [-0.4, -0.2) is 49.9 Å². The minimum atomic E-state index is -2.83. The molecular weight excluding hydrogens is 226 g/mol. The van der Waals surface area contributed by atoms with Crippen LogP contribution in [0.3, 0.4) is 0 Å². The van der Waals surface area contributed by atoms with Gasteiger partial charge in [-0.3, -0.25) is 0 Å². The lowest BCUT2D eigenvalue weighted by atomic mass is 10.3. The molecule has 5 nitrogen and oxygen atoms in total. The van der Waals surface area contributed by atoms with Crippen LogP contribution in [0.5, 0.6) is 0 Å². The maximum Gasteiger partial charge on any atom is 0.191 e. The fourth-order valence-electron chi connectivity index (χ4n) is 2.24. The Morgan fingerprint density at radius 2 is 1.75 bits per heavy atom. The van der Waals surface area contributed by atoms with Crippen molar-refractivity contribution in [2.24, 2.45) is 10.7 Å². The van der Waals surface area contributed by atoms with Gasteiger partial charge in [-0.25, -0.2) is 13.4 Å². The molecule has 0 aromatic heterocycles. The maximum atomic E-state index is 11.3. The molecule has 1 saturated carbocycles. The van der Waals surface area contributed by atoms with Gasteiger partial charge in [-0.15, -0.1) is 0 Å². The lowest BCUT2D eigenvalue weighted by Gasteiger charge is -2.28. The van der Waals surface area contributed by atoms with Gasteiger partial charge in [0, 0.05) is 13.1 Å². The molecule has 0 aromatic carbocycles. The van der Waals surface area contributed by atoms with E-state index < -0.39 is 9.84 Å². The van der Waals surface area contributed by atoms with E-state index in [2.05, 4.69) is 4.99 Å². The van der Waals surface area contributed by atoms with E-state index in [1.165, 1.54) is 12.8 Å². The van der Waals surface area contributed by atoms with Gasteiger partial charge >= 0.3 is 0 Å². The van der Waals surface area contributed by atoms with Crippen LogP contribution in [0.4, 0.5) is 0 Å². The van der Waals surface area contributed by atoms with E-state index in [0.717, 1.165) is 12.8 Å². The second kappa shape index (κ2) is 4.61. The predicted octanol–water partition coefficient (Wildman–Crippen LogP) is -0.0259. The Morgan fingerprint density at radius 3 is 2.31 bits per heavy atom. The van der Waals surface area contributed by atoms with Gasteiger partial charge in [-0.1, -0.05) is 12.8 Å². The third kappa shape index (κ3) is 2.87. The maximum absolute atomic E-state index is 11.3. The third-order valence-corrected chi connectivity index (χ3v) is 4.92. The monoisotopic (exact) mass is 245 g/mol. The van der Waals surface area contributed by atoms with E-state index in [1.54, 1.807) is 0 Å². The largest absolute Gasteiger partial charge is 0.370 e. The van der Waals surface area contributed by atoms with Crippen molar-refractivity contribution in [3.63, 3.8) is 0 Å². The summed E-state index contributed by atoms with van der Waals surface area (Å²) < 4.78 is 22.5. The summed E-state index contributed by atoms with van der Waals surface area (Å²) >= 11 is 0. The average molecular weight is 245 g/mol. The molecule has 6 heteroatoms. The number of hydrogen-bond donors (Lipinski definition) is 1. The van der Waals surface area contributed by atoms with Crippen LogP contribution < -0.4 is 5.73 Å². The Balaban J connectivity index is 1.92. The predicted molar refractivity (Wildman–Crippen MR) is 64.1 cm³/mol. The molecule has 1 aliphatic heterocycles. The van der Waals surface area contributed by atoms with Gasteiger partial charge in [0.15, 0.2) is 15.8 Å². The van der Waals surface area contributed by atoms with Crippen molar-refractivity contribution in [2.45, 2.75) is 31.7 Å². The van der Waals surface area contributed by atoms with E-state index in [9.17, 15) is 8.42 Å². The molecule has 92 valence electrons. The van der Waals surface area contributed by atoms with Crippen LogP contribution >= 0.6 is 0 Å². The highest BCUT2D eigenvalue weighted by Gasteiger charge is 2.23. The minimum Gasteiger partial charge on any atom is -0.370 e. The number of rotatable bonds is 1. The van der Waals surface area contributed by atoms with Crippen LogP contribution in [-0.2, 0) is 9.84 Å². The molecule has 0 spiro atoms. The van der Waals surface area contributed by atoms with Crippen LogP contribution in [0, 0.1) is 0 Å². The molecule has 0 unspecified atom stereocenters. The van der Waals surface area contributed by atoms with Gasteiger partial charge in [0.1, 0.15) is 0 Å². The van der Waals surface area contributed by atoms with Crippen LogP contribution in [0.25, 0.3) is 0 Å². The highest BCUT2D eigenvalue weighted by Crippen LogP contribution is 2.21. The SMILES string of the molecule is NC(=NC1CCCC1)N1CCS(=O)(=O)CC1. The lowest BCUT2D eigenvalue weighted by molar-refractivity contribution is 0.433. The lowest BCUT2D eigenvalue weighted by Crippen LogP contribution is -2.47. The van der Waals surface area contributed by atoms with E-state index in [1.807, 2.05) is 4.90 Å². The fourth-order valence-corrected chi connectivity index (χ4v) is 3.44. The van der Waals surface area contributed by atoms with Crippen molar-refractivity contribution < 1.29 is 8.42 Å². The van der Waals surface area contributed by atoms with Gasteiger partial charge in [0.2, 0.25) is 0 Å². The van der Waals surface area contributed by atoms with Crippen molar-refractivity contribution in [1.82, 2.24) is 4.90 Å². The molecule has 2 N–H and O–H groups in total. The zero-order valence-electron chi connectivity index (χ0n) is 9.43. The van der Waals surface area contributed by atoms with Crippen molar-refractivity contribution in [1.29, 1.82) is 0 Å². The summed E-state index contributed by atoms with van der Waals surface area (Å²) in [5.41, 5.74) is 5.90. The fraction of sp³-hybridized carbons (Fsp3) is 0.900. The summed E-state index contributed by atoms with van der Waals surface area (Å²) in [7, 11) is -2.83. The number of nitrogens with zero attached hydrogens (tertiary/aromatic N) is 2. The molecule has 2 rings (SSSR count). The molecule has 0 bridgehead atoms. The molecular formula is C10H19N3O2S. The zero-order chi connectivity index (χ0) is 11.6. The van der Waals surface area contributed by atoms with E-state index in [-0.39, 0.29) is 11.5 Å². The highest BCUT2D eigenvalue weighted by atomic mass is 32.2. The molecule has 1 aliphatic carbocycles. The quantitative estimate of drug-likeness (QED) is 0.520. The normalized spacial score (nSPS) is 27.2. The summed E-state index contributed by atoms with van der Waals surface area (Å²) in [6.45, 7) is 0.981. The number of hydrogen-bond acceptors (Lipinski definition) is 3. The molecule has 1 saturated heterocycles. The molecule has 0 aromatic rings. The number of aliphatic imine (C=N–C) groups is 1. The molecule has 0 amide bonds. The van der Waals surface area contributed by atoms with Crippen LogP contribution in [0.2, 0.25) is 0 Å². The Kier molecular flexibility index (Phi) is 3.37. The van der Waals surface area contributed by atoms with Gasteiger partial charge in [-0.2, -0.15) is 0 Å². The first-order chi connectivity index (χ1) is 7.57. The minimum absolute atomic E-state index is 0.202. The van der Waals surface area contributed by atoms with Gasteiger partial charge in [0.25, 0.3) is 0 Å². The van der Waals surface area contributed by atoms with Gasteiger partial charge in [-0.05, 0) is 12.8 Å². The average Bonchev–Trinajstić information content (AvgIpc) is 2.70. The Labute approximate surface area is 96.6 Å². The molecule has 0 radical (unpaired) electrons. The summed E-state index contributed by atoms with van der Waals surface area (Å²) in [6.07, 6.45) is 4.70. The highest BCUT2D eigenvalue weighted by molar-refractivity contribution is 7.91. The zero-order valence-corrected chi connectivity index (χ0v) is 10.2. The second-order valence-corrected chi connectivity index (χ2v) is 6.87. The van der Waals surface area contributed by atoms with Crippen molar-refractivity contribution in [3.05, 3.63) is 0 Å². The van der Waals surface area contributed by atoms with E-state index in [0.29, 0.717) is 25.1 Å².